The number of halogens is 3. The first-order valence-electron chi connectivity index (χ1n) is 7.62. The van der Waals surface area contributed by atoms with Crippen LogP contribution in [0, 0.1) is 6.92 Å². The minimum atomic E-state index is -4.06. The van der Waals surface area contributed by atoms with Gasteiger partial charge in [-0.2, -0.15) is 10.1 Å². The zero-order valence-electron chi connectivity index (χ0n) is 14.2. The number of hydrogen-bond acceptors (Lipinski definition) is 5. The van der Waals surface area contributed by atoms with Gasteiger partial charge in [-0.3, -0.25) is 4.68 Å². The van der Waals surface area contributed by atoms with Crippen molar-refractivity contribution in [1.82, 2.24) is 19.7 Å². The Labute approximate surface area is 159 Å². The van der Waals surface area contributed by atoms with E-state index in [-0.39, 0.29) is 10.6 Å². The van der Waals surface area contributed by atoms with Crippen molar-refractivity contribution < 1.29 is 17.2 Å². The maximum Gasteiger partial charge on any atom is 0.268 e. The molecular formula is C16H14ClF2N5O2S. The first kappa shape index (κ1) is 19.2. The number of rotatable bonds is 5. The molecule has 142 valence electrons. The summed E-state index contributed by atoms with van der Waals surface area (Å²) in [6, 6.07) is 6.72. The Morgan fingerprint density at radius 2 is 1.93 bits per heavy atom. The number of sulfonamides is 1. The summed E-state index contributed by atoms with van der Waals surface area (Å²) in [5, 5.41) is 3.26. The van der Waals surface area contributed by atoms with Crippen molar-refractivity contribution in [3.05, 3.63) is 52.9 Å². The van der Waals surface area contributed by atoms with E-state index < -0.39 is 33.1 Å². The number of aromatic nitrogens is 4. The number of nitrogens with zero attached hydrogens (tertiary/aromatic N) is 4. The number of nitrogens with one attached hydrogen (secondary N) is 1. The second kappa shape index (κ2) is 7.20. The van der Waals surface area contributed by atoms with Crippen molar-refractivity contribution in [2.75, 3.05) is 4.72 Å². The molecule has 0 atom stereocenters. The maximum atomic E-state index is 13.5. The molecule has 0 aliphatic carbocycles. The lowest BCUT2D eigenvalue weighted by Crippen LogP contribution is -2.16. The van der Waals surface area contributed by atoms with E-state index in [1.54, 1.807) is 38.2 Å². The van der Waals surface area contributed by atoms with E-state index in [4.69, 9.17) is 11.6 Å². The first-order chi connectivity index (χ1) is 12.7. The van der Waals surface area contributed by atoms with Gasteiger partial charge >= 0.3 is 0 Å². The van der Waals surface area contributed by atoms with Crippen molar-refractivity contribution >= 4 is 27.6 Å². The summed E-state index contributed by atoms with van der Waals surface area (Å²) in [7, 11) is -2.50. The largest absolute Gasteiger partial charge is 0.274 e. The lowest BCUT2D eigenvalue weighted by Gasteiger charge is -2.14. The normalized spacial score (nSPS) is 11.8. The molecule has 11 heteroatoms. The molecule has 0 amide bonds. The first-order valence-corrected chi connectivity index (χ1v) is 9.48. The average molecular weight is 414 g/mol. The van der Waals surface area contributed by atoms with Gasteiger partial charge in [-0.15, -0.1) is 0 Å². The van der Waals surface area contributed by atoms with Gasteiger partial charge in [-0.05, 0) is 12.5 Å². The van der Waals surface area contributed by atoms with Crippen LogP contribution in [0.25, 0.3) is 11.3 Å². The molecule has 7 nitrogen and oxygen atoms in total. The van der Waals surface area contributed by atoms with Crippen molar-refractivity contribution in [2.45, 2.75) is 18.2 Å². The molecule has 0 aliphatic heterocycles. The molecule has 0 saturated carbocycles. The number of anilines is 1. The maximum absolute atomic E-state index is 13.5. The van der Waals surface area contributed by atoms with Gasteiger partial charge in [0.05, 0.1) is 17.5 Å². The average Bonchev–Trinajstić information content (AvgIpc) is 3.01. The highest BCUT2D eigenvalue weighted by molar-refractivity contribution is 7.92. The molecule has 0 aliphatic rings. The zero-order valence-corrected chi connectivity index (χ0v) is 15.8. The fraction of sp³-hybridized carbons (Fsp3) is 0.188. The van der Waals surface area contributed by atoms with Crippen LogP contribution in [-0.4, -0.2) is 28.2 Å². The summed E-state index contributed by atoms with van der Waals surface area (Å²) >= 11 is 5.93. The molecule has 3 aromatic rings. The predicted octanol–water partition coefficient (Wildman–Crippen LogP) is 3.58. The summed E-state index contributed by atoms with van der Waals surface area (Å²) in [4.78, 5) is 7.57. The quantitative estimate of drug-likeness (QED) is 0.646. The molecule has 3 rings (SSSR count). The second-order valence-corrected chi connectivity index (χ2v) is 7.71. The highest BCUT2D eigenvalue weighted by Crippen LogP contribution is 2.36. The molecule has 2 heterocycles. The molecule has 0 saturated heterocycles. The van der Waals surface area contributed by atoms with E-state index >= 15 is 0 Å². The SMILES string of the molecule is Cc1ccccc1-c1nc(NS(=O)(=O)c2cnn(C)c2)nc(Cl)c1C(F)F. The molecule has 0 fully saturated rings. The van der Waals surface area contributed by atoms with E-state index in [9.17, 15) is 17.2 Å². The van der Waals surface area contributed by atoms with Crippen LogP contribution in [0.4, 0.5) is 14.7 Å². The Balaban J connectivity index is 2.12. The van der Waals surface area contributed by atoms with Gasteiger partial charge in [0.15, 0.2) is 0 Å². The highest BCUT2D eigenvalue weighted by Gasteiger charge is 2.25. The smallest absolute Gasteiger partial charge is 0.268 e. The van der Waals surface area contributed by atoms with Crippen molar-refractivity contribution in [3.63, 3.8) is 0 Å². The lowest BCUT2D eigenvalue weighted by atomic mass is 10.0. The third kappa shape index (κ3) is 3.91. The topological polar surface area (TPSA) is 89.8 Å². The van der Waals surface area contributed by atoms with E-state index in [1.807, 2.05) is 0 Å². The number of alkyl halides is 2. The molecule has 1 aromatic carbocycles. The van der Waals surface area contributed by atoms with Crippen LogP contribution in [0.3, 0.4) is 0 Å². The fourth-order valence-electron chi connectivity index (χ4n) is 2.44. The van der Waals surface area contributed by atoms with E-state index in [1.165, 1.54) is 10.9 Å². The minimum absolute atomic E-state index is 0.125. The molecule has 2 aromatic heterocycles. The van der Waals surface area contributed by atoms with Crippen LogP contribution >= 0.6 is 11.6 Å². The lowest BCUT2D eigenvalue weighted by molar-refractivity contribution is 0.151. The van der Waals surface area contributed by atoms with Gasteiger partial charge in [-0.1, -0.05) is 35.9 Å². The number of benzene rings is 1. The molecular weight excluding hydrogens is 400 g/mol. The molecule has 1 N–H and O–H groups in total. The van der Waals surface area contributed by atoms with Crippen molar-refractivity contribution in [2.24, 2.45) is 7.05 Å². The third-order valence-electron chi connectivity index (χ3n) is 3.73. The third-order valence-corrected chi connectivity index (χ3v) is 5.31. The molecule has 0 spiro atoms. The second-order valence-electron chi connectivity index (χ2n) is 5.67. The monoisotopic (exact) mass is 413 g/mol. The summed E-state index contributed by atoms with van der Waals surface area (Å²) in [5.41, 5.74) is 0.386. The van der Waals surface area contributed by atoms with Crippen molar-refractivity contribution in [3.8, 4) is 11.3 Å². The van der Waals surface area contributed by atoms with Crippen LogP contribution < -0.4 is 4.72 Å². The Kier molecular flexibility index (Phi) is 5.11. The minimum Gasteiger partial charge on any atom is -0.274 e. The molecule has 27 heavy (non-hydrogen) atoms. The van der Waals surface area contributed by atoms with E-state index in [0.29, 0.717) is 11.1 Å². The van der Waals surface area contributed by atoms with Gasteiger partial charge in [0.1, 0.15) is 10.0 Å². The molecule has 0 bridgehead atoms. The van der Waals surface area contributed by atoms with Gasteiger partial charge in [0, 0.05) is 18.8 Å². The summed E-state index contributed by atoms with van der Waals surface area (Å²) < 4.78 is 55.4. The van der Waals surface area contributed by atoms with E-state index in [0.717, 1.165) is 6.20 Å². The van der Waals surface area contributed by atoms with Gasteiger partial charge < -0.3 is 0 Å². The van der Waals surface area contributed by atoms with Crippen LogP contribution in [0.5, 0.6) is 0 Å². The number of aryl methyl sites for hydroxylation is 2. The van der Waals surface area contributed by atoms with E-state index in [2.05, 4.69) is 19.8 Å². The van der Waals surface area contributed by atoms with Crippen LogP contribution in [0.15, 0.2) is 41.6 Å². The standard InChI is InChI=1S/C16H14ClF2N5O2S/c1-9-5-3-4-6-11(9)13-12(15(18)19)14(17)22-16(21-13)23-27(25,26)10-7-20-24(2)8-10/h3-8,15H,1-2H3,(H,21,22,23). The Morgan fingerprint density at radius 3 is 2.52 bits per heavy atom. The van der Waals surface area contributed by atoms with Gasteiger partial charge in [0.2, 0.25) is 5.95 Å². The van der Waals surface area contributed by atoms with Gasteiger partial charge in [0.25, 0.3) is 16.4 Å². The summed E-state index contributed by atoms with van der Waals surface area (Å²) in [5.74, 6) is -0.411. The predicted molar refractivity (Wildman–Crippen MR) is 96.2 cm³/mol. The van der Waals surface area contributed by atoms with Crippen molar-refractivity contribution in [1.29, 1.82) is 0 Å². The molecule has 0 unspecified atom stereocenters. The zero-order chi connectivity index (χ0) is 19.8. The van der Waals surface area contributed by atoms with Crippen LogP contribution in [0.1, 0.15) is 17.6 Å². The fourth-order valence-corrected chi connectivity index (χ4v) is 3.62. The summed E-state index contributed by atoms with van der Waals surface area (Å²) in [6.45, 7) is 1.72. The van der Waals surface area contributed by atoms with Crippen LogP contribution in [-0.2, 0) is 17.1 Å². The molecule has 0 radical (unpaired) electrons. The Hall–Kier alpha value is -2.59. The van der Waals surface area contributed by atoms with Crippen LogP contribution in [0.2, 0.25) is 5.15 Å². The summed E-state index contributed by atoms with van der Waals surface area (Å²) in [6.07, 6.45) is -0.518. The Bertz CT molecular complexity index is 1100. The highest BCUT2D eigenvalue weighted by atomic mass is 35.5. The Morgan fingerprint density at radius 1 is 1.22 bits per heavy atom. The number of hydrogen-bond donors (Lipinski definition) is 1. The van der Waals surface area contributed by atoms with Gasteiger partial charge in [-0.25, -0.2) is 26.9 Å².